The SMILES string of the molecule is O=C(CCCNC(=O)OCOC(=O)c1ccccc1)Oc1ccc(Cl)cc1.[Na+]. The largest absolute Gasteiger partial charge is 1.00 e. The van der Waals surface area contributed by atoms with Crippen LogP contribution in [0, 0.1) is 0 Å². The molecule has 7 nitrogen and oxygen atoms in total. The van der Waals surface area contributed by atoms with E-state index in [-0.39, 0.29) is 42.5 Å². The van der Waals surface area contributed by atoms with Crippen molar-refractivity contribution in [2.24, 2.45) is 0 Å². The molecule has 0 aromatic heterocycles. The number of halogens is 1. The minimum Gasteiger partial charge on any atom is -0.427 e. The summed E-state index contributed by atoms with van der Waals surface area (Å²) in [6.07, 6.45) is -0.265. The van der Waals surface area contributed by atoms with Crippen molar-refractivity contribution in [3.05, 3.63) is 65.2 Å². The standard InChI is InChI=1S/C19H18ClNO6.Na/c20-15-8-10-16(11-9-15)27-17(22)7-4-12-21-19(24)26-13-25-18(23)14-5-2-1-3-6-14;/h1-3,5-6,8-11H,4,7,12-13H2,(H,21,24);/q;+1. The Labute approximate surface area is 189 Å². The van der Waals surface area contributed by atoms with Gasteiger partial charge >= 0.3 is 47.6 Å². The zero-order valence-electron chi connectivity index (χ0n) is 15.4. The maximum atomic E-state index is 11.7. The Kier molecular flexibility index (Phi) is 11.3. The van der Waals surface area contributed by atoms with Gasteiger partial charge in [0, 0.05) is 18.0 Å². The molecule has 142 valence electrons. The number of benzene rings is 2. The van der Waals surface area contributed by atoms with Crippen molar-refractivity contribution in [1.82, 2.24) is 5.32 Å². The summed E-state index contributed by atoms with van der Waals surface area (Å²) < 4.78 is 14.6. The van der Waals surface area contributed by atoms with Crippen molar-refractivity contribution in [2.75, 3.05) is 13.3 Å². The second kappa shape index (κ2) is 13.2. The first kappa shape index (κ1) is 24.0. The molecule has 0 aliphatic carbocycles. The van der Waals surface area contributed by atoms with Gasteiger partial charge in [-0.15, -0.1) is 0 Å². The molecule has 0 fully saturated rings. The molecule has 28 heavy (non-hydrogen) atoms. The van der Waals surface area contributed by atoms with Crippen LogP contribution in [0.15, 0.2) is 54.6 Å². The molecule has 0 aliphatic heterocycles. The van der Waals surface area contributed by atoms with Gasteiger partial charge in [-0.2, -0.15) is 0 Å². The number of amides is 1. The summed E-state index contributed by atoms with van der Waals surface area (Å²) in [5.74, 6) is -0.616. The molecule has 0 atom stereocenters. The summed E-state index contributed by atoms with van der Waals surface area (Å²) in [6, 6.07) is 14.8. The molecule has 0 spiro atoms. The van der Waals surface area contributed by atoms with Crippen LogP contribution in [0.1, 0.15) is 23.2 Å². The van der Waals surface area contributed by atoms with Crippen LogP contribution >= 0.6 is 11.6 Å². The Morgan fingerprint density at radius 1 is 0.929 bits per heavy atom. The van der Waals surface area contributed by atoms with E-state index in [2.05, 4.69) is 5.32 Å². The molecule has 2 rings (SSSR count). The Balaban J connectivity index is 0.00000392. The summed E-state index contributed by atoms with van der Waals surface area (Å²) in [7, 11) is 0. The normalized spacial score (nSPS) is 9.61. The number of nitrogens with one attached hydrogen (secondary N) is 1. The van der Waals surface area contributed by atoms with Gasteiger partial charge in [0.15, 0.2) is 0 Å². The van der Waals surface area contributed by atoms with E-state index in [0.717, 1.165) is 0 Å². The minimum atomic E-state index is -0.748. The molecule has 0 radical (unpaired) electrons. The first-order valence-corrected chi connectivity index (χ1v) is 8.51. The zero-order valence-corrected chi connectivity index (χ0v) is 18.1. The number of carbonyl (C=O) groups is 3. The number of alkyl carbamates (subject to hydrolysis) is 1. The van der Waals surface area contributed by atoms with E-state index in [0.29, 0.717) is 22.8 Å². The van der Waals surface area contributed by atoms with Crippen LogP contribution in [0.2, 0.25) is 5.02 Å². The fraction of sp³-hybridized carbons (Fsp3) is 0.211. The summed E-state index contributed by atoms with van der Waals surface area (Å²) in [5.41, 5.74) is 0.362. The second-order valence-corrected chi connectivity index (χ2v) is 5.74. The Morgan fingerprint density at radius 2 is 1.61 bits per heavy atom. The Bertz CT molecular complexity index is 770. The average Bonchev–Trinajstić information content (AvgIpc) is 2.67. The molecule has 2 aromatic rings. The fourth-order valence-electron chi connectivity index (χ4n) is 1.95. The van der Waals surface area contributed by atoms with Gasteiger partial charge in [-0.1, -0.05) is 29.8 Å². The number of carbonyl (C=O) groups excluding carboxylic acids is 3. The quantitative estimate of drug-likeness (QED) is 0.223. The van der Waals surface area contributed by atoms with E-state index in [1.54, 1.807) is 54.6 Å². The number of ether oxygens (including phenoxy) is 3. The Morgan fingerprint density at radius 3 is 2.29 bits per heavy atom. The zero-order chi connectivity index (χ0) is 19.5. The third-order valence-electron chi connectivity index (χ3n) is 3.26. The second-order valence-electron chi connectivity index (χ2n) is 5.31. The molecule has 0 unspecified atom stereocenters. The smallest absolute Gasteiger partial charge is 0.427 e. The Hall–Kier alpha value is -2.06. The molecule has 1 amide bonds. The average molecular weight is 415 g/mol. The van der Waals surface area contributed by atoms with Gasteiger partial charge in [0.05, 0.1) is 5.56 Å². The molecule has 9 heteroatoms. The predicted octanol–water partition coefficient (Wildman–Crippen LogP) is 0.570. The molecule has 0 saturated carbocycles. The van der Waals surface area contributed by atoms with Crippen LogP contribution in [0.4, 0.5) is 4.79 Å². The van der Waals surface area contributed by atoms with Gasteiger partial charge in [-0.25, -0.2) is 9.59 Å². The molecule has 0 heterocycles. The van der Waals surface area contributed by atoms with E-state index in [4.69, 9.17) is 25.8 Å². The van der Waals surface area contributed by atoms with Crippen LogP contribution in [0.3, 0.4) is 0 Å². The maximum Gasteiger partial charge on any atom is 1.00 e. The summed E-state index contributed by atoms with van der Waals surface area (Å²) in [4.78, 5) is 34.8. The van der Waals surface area contributed by atoms with Gasteiger partial charge in [-0.3, -0.25) is 4.79 Å². The van der Waals surface area contributed by atoms with Crippen molar-refractivity contribution in [2.45, 2.75) is 12.8 Å². The predicted molar refractivity (Wildman–Crippen MR) is 97.5 cm³/mol. The first-order valence-electron chi connectivity index (χ1n) is 8.13. The van der Waals surface area contributed by atoms with Gasteiger partial charge < -0.3 is 19.5 Å². The van der Waals surface area contributed by atoms with E-state index in [1.807, 2.05) is 0 Å². The van der Waals surface area contributed by atoms with Crippen molar-refractivity contribution in [1.29, 1.82) is 0 Å². The van der Waals surface area contributed by atoms with Crippen molar-refractivity contribution >= 4 is 29.6 Å². The number of esters is 2. The minimum absolute atomic E-state index is 0. The summed E-state index contributed by atoms with van der Waals surface area (Å²) in [5, 5.41) is 2.99. The molecule has 0 saturated heterocycles. The maximum absolute atomic E-state index is 11.7. The number of rotatable bonds is 8. The summed E-state index contributed by atoms with van der Waals surface area (Å²) in [6.45, 7) is -0.292. The van der Waals surface area contributed by atoms with Crippen LogP contribution in [0.5, 0.6) is 5.75 Å². The summed E-state index contributed by atoms with van der Waals surface area (Å²) >= 11 is 5.74. The molecular formula is C19H18ClNNaO6+. The van der Waals surface area contributed by atoms with Crippen LogP contribution < -0.4 is 39.6 Å². The topological polar surface area (TPSA) is 90.9 Å². The molecule has 1 N–H and O–H groups in total. The van der Waals surface area contributed by atoms with Crippen molar-refractivity contribution in [3.8, 4) is 5.75 Å². The van der Waals surface area contributed by atoms with E-state index < -0.39 is 24.8 Å². The van der Waals surface area contributed by atoms with Crippen LogP contribution in [-0.4, -0.2) is 31.4 Å². The molecule has 0 aliphatic rings. The number of hydrogen-bond acceptors (Lipinski definition) is 6. The van der Waals surface area contributed by atoms with Crippen LogP contribution in [0.25, 0.3) is 0 Å². The fourth-order valence-corrected chi connectivity index (χ4v) is 2.08. The molecular weight excluding hydrogens is 397 g/mol. The monoisotopic (exact) mass is 414 g/mol. The molecule has 0 bridgehead atoms. The van der Waals surface area contributed by atoms with Crippen molar-refractivity contribution in [3.63, 3.8) is 0 Å². The third kappa shape index (κ3) is 9.23. The van der Waals surface area contributed by atoms with Crippen LogP contribution in [-0.2, 0) is 14.3 Å². The van der Waals surface area contributed by atoms with E-state index in [1.165, 1.54) is 0 Å². The number of hydrogen-bond donors (Lipinski definition) is 1. The van der Waals surface area contributed by atoms with Crippen molar-refractivity contribution < 1.29 is 58.2 Å². The van der Waals surface area contributed by atoms with E-state index >= 15 is 0 Å². The van der Waals surface area contributed by atoms with E-state index in [9.17, 15) is 14.4 Å². The van der Waals surface area contributed by atoms with Gasteiger partial charge in [0.25, 0.3) is 0 Å². The molecule has 2 aromatic carbocycles. The third-order valence-corrected chi connectivity index (χ3v) is 3.51. The first-order chi connectivity index (χ1) is 13.0. The van der Waals surface area contributed by atoms with Gasteiger partial charge in [0.2, 0.25) is 6.79 Å². The van der Waals surface area contributed by atoms with Gasteiger partial charge in [-0.05, 0) is 42.8 Å². The van der Waals surface area contributed by atoms with Gasteiger partial charge in [0.1, 0.15) is 5.75 Å².